The van der Waals surface area contributed by atoms with Crippen molar-refractivity contribution in [3.63, 3.8) is 0 Å². The molecule has 0 amide bonds. The van der Waals surface area contributed by atoms with Crippen molar-refractivity contribution in [3.8, 4) is 0 Å². The number of hydrogen-bond acceptors (Lipinski definition) is 2. The lowest BCUT2D eigenvalue weighted by Gasteiger charge is -2.10. The molecule has 0 atom stereocenters. The highest BCUT2D eigenvalue weighted by Gasteiger charge is 2.13. The molecule has 0 aliphatic rings. The zero-order valence-corrected chi connectivity index (χ0v) is 14.1. The second kappa shape index (κ2) is 6.29. The first kappa shape index (κ1) is 15.5. The molecule has 1 N–H and O–H groups in total. The molecule has 0 saturated carbocycles. The Bertz CT molecular complexity index is 698. The normalized spacial score (nSPS) is 11.1. The molecule has 20 heavy (non-hydrogen) atoms. The molecule has 0 radical (unpaired) electrons. The van der Waals surface area contributed by atoms with Gasteiger partial charge in [-0.15, -0.1) is 0 Å². The number of aromatic amines is 1. The van der Waals surface area contributed by atoms with Gasteiger partial charge in [0.2, 0.25) is 0 Å². The van der Waals surface area contributed by atoms with E-state index in [-0.39, 0.29) is 11.5 Å². The second-order valence-corrected chi connectivity index (χ2v) is 6.42. The van der Waals surface area contributed by atoms with Crippen LogP contribution in [0.3, 0.4) is 0 Å². The molecule has 0 spiro atoms. The van der Waals surface area contributed by atoms with Crippen LogP contribution in [-0.2, 0) is 6.42 Å². The lowest BCUT2D eigenvalue weighted by Crippen LogP contribution is -2.16. The molecule has 0 fully saturated rings. The SMILES string of the molecule is CC(C)c1nc(Cc2ccc(Cl)cc2Cl)[nH]c(=O)c1Br. The average Bonchev–Trinajstić information content (AvgIpc) is 2.36. The standard InChI is InChI=1S/C14H13BrCl2N2O/c1-7(2)13-12(15)14(20)19-11(18-13)5-8-3-4-9(16)6-10(8)17/h3-4,6-7H,5H2,1-2H3,(H,18,19,20). The number of benzene rings is 1. The molecule has 2 rings (SSSR count). The second-order valence-electron chi connectivity index (χ2n) is 4.78. The summed E-state index contributed by atoms with van der Waals surface area (Å²) < 4.78 is 0.485. The average molecular weight is 376 g/mol. The fourth-order valence-electron chi connectivity index (χ4n) is 1.84. The summed E-state index contributed by atoms with van der Waals surface area (Å²) in [6.07, 6.45) is 0.457. The number of rotatable bonds is 3. The van der Waals surface area contributed by atoms with E-state index in [2.05, 4.69) is 25.9 Å². The molecule has 106 valence electrons. The first-order chi connectivity index (χ1) is 9.38. The van der Waals surface area contributed by atoms with E-state index in [1.807, 2.05) is 19.9 Å². The van der Waals surface area contributed by atoms with Gasteiger partial charge in [0.25, 0.3) is 5.56 Å². The monoisotopic (exact) mass is 374 g/mol. The first-order valence-corrected chi connectivity index (χ1v) is 7.66. The predicted molar refractivity (Wildman–Crippen MR) is 85.9 cm³/mol. The number of aromatic nitrogens is 2. The molecule has 1 heterocycles. The van der Waals surface area contributed by atoms with E-state index in [0.717, 1.165) is 11.3 Å². The fraction of sp³-hybridized carbons (Fsp3) is 0.286. The summed E-state index contributed by atoms with van der Waals surface area (Å²) in [5.41, 5.74) is 1.44. The third-order valence-corrected chi connectivity index (χ3v) is 4.21. The van der Waals surface area contributed by atoms with Crippen molar-refractivity contribution in [2.45, 2.75) is 26.2 Å². The maximum Gasteiger partial charge on any atom is 0.265 e. The zero-order valence-electron chi connectivity index (χ0n) is 11.0. The summed E-state index contributed by atoms with van der Waals surface area (Å²) in [5.74, 6) is 0.747. The van der Waals surface area contributed by atoms with E-state index >= 15 is 0 Å². The van der Waals surface area contributed by atoms with Gasteiger partial charge in [-0.05, 0) is 39.5 Å². The number of H-pyrrole nitrogens is 1. The van der Waals surface area contributed by atoms with Crippen molar-refractivity contribution >= 4 is 39.1 Å². The molecule has 1 aromatic carbocycles. The van der Waals surface area contributed by atoms with Crippen LogP contribution in [0.25, 0.3) is 0 Å². The summed E-state index contributed by atoms with van der Waals surface area (Å²) in [6.45, 7) is 3.98. The van der Waals surface area contributed by atoms with Crippen molar-refractivity contribution in [1.29, 1.82) is 0 Å². The smallest absolute Gasteiger partial charge is 0.265 e. The summed E-state index contributed by atoms with van der Waals surface area (Å²) in [6, 6.07) is 5.28. The van der Waals surface area contributed by atoms with Crippen LogP contribution in [0.4, 0.5) is 0 Å². The van der Waals surface area contributed by atoms with Gasteiger partial charge in [0.15, 0.2) is 0 Å². The lowest BCUT2D eigenvalue weighted by atomic mass is 10.1. The van der Waals surface area contributed by atoms with Crippen molar-refractivity contribution < 1.29 is 0 Å². The Kier molecular flexibility index (Phi) is 4.89. The largest absolute Gasteiger partial charge is 0.309 e. The van der Waals surface area contributed by atoms with Gasteiger partial charge in [-0.2, -0.15) is 0 Å². The van der Waals surface area contributed by atoms with Crippen LogP contribution in [0.15, 0.2) is 27.5 Å². The Morgan fingerprint density at radius 2 is 2.05 bits per heavy atom. The molecule has 2 aromatic rings. The highest BCUT2D eigenvalue weighted by molar-refractivity contribution is 9.10. The van der Waals surface area contributed by atoms with Crippen molar-refractivity contribution in [2.24, 2.45) is 0 Å². The Morgan fingerprint density at radius 3 is 2.65 bits per heavy atom. The molecule has 0 aliphatic heterocycles. The molecular weight excluding hydrogens is 363 g/mol. The van der Waals surface area contributed by atoms with Gasteiger partial charge >= 0.3 is 0 Å². The summed E-state index contributed by atoms with van der Waals surface area (Å²) in [7, 11) is 0. The minimum absolute atomic E-state index is 0.158. The maximum absolute atomic E-state index is 11.9. The van der Waals surface area contributed by atoms with Gasteiger partial charge in [-0.3, -0.25) is 4.79 Å². The Hall–Kier alpha value is -0.840. The highest BCUT2D eigenvalue weighted by Crippen LogP contribution is 2.24. The van der Waals surface area contributed by atoms with Crippen molar-refractivity contribution in [2.75, 3.05) is 0 Å². The van der Waals surface area contributed by atoms with E-state index in [0.29, 0.717) is 26.8 Å². The predicted octanol–water partition coefficient (Wildman–Crippen LogP) is 4.55. The van der Waals surface area contributed by atoms with E-state index in [1.54, 1.807) is 12.1 Å². The quantitative estimate of drug-likeness (QED) is 0.854. The maximum atomic E-state index is 11.9. The molecule has 1 aromatic heterocycles. The molecule has 6 heteroatoms. The van der Waals surface area contributed by atoms with Gasteiger partial charge in [0.1, 0.15) is 10.3 Å². The third-order valence-electron chi connectivity index (χ3n) is 2.86. The van der Waals surface area contributed by atoms with Crippen LogP contribution in [0.2, 0.25) is 10.0 Å². The van der Waals surface area contributed by atoms with Gasteiger partial charge in [-0.25, -0.2) is 4.98 Å². The fourth-order valence-corrected chi connectivity index (χ4v) is 2.96. The summed E-state index contributed by atoms with van der Waals surface area (Å²) >= 11 is 15.3. The van der Waals surface area contributed by atoms with Crippen LogP contribution < -0.4 is 5.56 Å². The number of halogens is 3. The minimum Gasteiger partial charge on any atom is -0.309 e. The molecule has 0 aliphatic carbocycles. The Labute approximate surface area is 135 Å². The van der Waals surface area contributed by atoms with E-state index < -0.39 is 0 Å². The summed E-state index contributed by atoms with van der Waals surface area (Å²) in [5, 5.41) is 1.15. The van der Waals surface area contributed by atoms with Gasteiger partial charge in [0, 0.05) is 16.5 Å². The summed E-state index contributed by atoms with van der Waals surface area (Å²) in [4.78, 5) is 19.2. The third kappa shape index (κ3) is 3.43. The van der Waals surface area contributed by atoms with Crippen LogP contribution >= 0.6 is 39.1 Å². The van der Waals surface area contributed by atoms with Gasteiger partial charge in [0.05, 0.1) is 5.69 Å². The van der Waals surface area contributed by atoms with Crippen LogP contribution in [-0.4, -0.2) is 9.97 Å². The Morgan fingerprint density at radius 1 is 1.35 bits per heavy atom. The van der Waals surface area contributed by atoms with Gasteiger partial charge < -0.3 is 4.98 Å². The molecule has 3 nitrogen and oxygen atoms in total. The number of hydrogen-bond donors (Lipinski definition) is 1. The van der Waals surface area contributed by atoms with Gasteiger partial charge in [-0.1, -0.05) is 43.1 Å². The first-order valence-electron chi connectivity index (χ1n) is 6.11. The number of nitrogens with zero attached hydrogens (tertiary/aromatic N) is 1. The van der Waals surface area contributed by atoms with Crippen LogP contribution in [0.5, 0.6) is 0 Å². The Balaban J connectivity index is 2.41. The zero-order chi connectivity index (χ0) is 14.9. The molecule has 0 saturated heterocycles. The van der Waals surface area contributed by atoms with E-state index in [9.17, 15) is 4.79 Å². The van der Waals surface area contributed by atoms with Crippen molar-refractivity contribution in [3.05, 3.63) is 60.2 Å². The van der Waals surface area contributed by atoms with E-state index in [1.165, 1.54) is 0 Å². The van der Waals surface area contributed by atoms with Crippen molar-refractivity contribution in [1.82, 2.24) is 9.97 Å². The molecule has 0 unspecified atom stereocenters. The molecule has 0 bridgehead atoms. The minimum atomic E-state index is -0.177. The lowest BCUT2D eigenvalue weighted by molar-refractivity contribution is 0.775. The van der Waals surface area contributed by atoms with E-state index in [4.69, 9.17) is 23.2 Å². The van der Waals surface area contributed by atoms with Crippen LogP contribution in [0, 0.1) is 0 Å². The molecular formula is C14H13BrCl2N2O. The van der Waals surface area contributed by atoms with Crippen LogP contribution in [0.1, 0.15) is 36.8 Å². The topological polar surface area (TPSA) is 45.8 Å². The highest BCUT2D eigenvalue weighted by atomic mass is 79.9. The number of nitrogens with one attached hydrogen (secondary N) is 1.